The van der Waals surface area contributed by atoms with E-state index in [-0.39, 0.29) is 0 Å². The Labute approximate surface area is 65.2 Å². The summed E-state index contributed by atoms with van der Waals surface area (Å²) in [6.45, 7) is 1.54. The van der Waals surface area contributed by atoms with Crippen LogP contribution in [0.3, 0.4) is 0 Å². The van der Waals surface area contributed by atoms with Gasteiger partial charge in [-0.05, 0) is 6.42 Å². The van der Waals surface area contributed by atoms with Crippen LogP contribution in [-0.2, 0) is 11.3 Å². The van der Waals surface area contributed by atoms with Gasteiger partial charge in [0, 0.05) is 20.3 Å². The summed E-state index contributed by atoms with van der Waals surface area (Å²) in [5.74, 6) is 0.322. The first kappa shape index (κ1) is 8.00. The second-order valence-corrected chi connectivity index (χ2v) is 2.21. The minimum Gasteiger partial charge on any atom is -0.385 e. The standard InChI is InChI=1S/C6H12N4O/c1-11-4-2-3-10-5-8-6(7)9-10/h5H,2-4H2,1H3,(H2,7,9). The highest BCUT2D eigenvalue weighted by molar-refractivity contribution is 5.08. The molecule has 0 aliphatic carbocycles. The lowest BCUT2D eigenvalue weighted by Crippen LogP contribution is -2.02. The Morgan fingerprint density at radius 1 is 1.73 bits per heavy atom. The van der Waals surface area contributed by atoms with Crippen molar-refractivity contribution in [3.05, 3.63) is 6.33 Å². The minimum atomic E-state index is 0.322. The number of nitrogens with zero attached hydrogens (tertiary/aromatic N) is 3. The Kier molecular flexibility index (Phi) is 2.85. The molecule has 1 aromatic rings. The van der Waals surface area contributed by atoms with Gasteiger partial charge in [0.05, 0.1) is 0 Å². The normalized spacial score (nSPS) is 10.3. The molecule has 1 aromatic heterocycles. The predicted molar refractivity (Wildman–Crippen MR) is 40.9 cm³/mol. The smallest absolute Gasteiger partial charge is 0.239 e. The molecule has 0 fully saturated rings. The Bertz CT molecular complexity index is 210. The summed E-state index contributed by atoms with van der Waals surface area (Å²) < 4.78 is 6.58. The second kappa shape index (κ2) is 3.92. The van der Waals surface area contributed by atoms with Crippen LogP contribution in [0.2, 0.25) is 0 Å². The van der Waals surface area contributed by atoms with E-state index in [0.717, 1.165) is 19.6 Å². The van der Waals surface area contributed by atoms with Crippen molar-refractivity contribution in [3.63, 3.8) is 0 Å². The van der Waals surface area contributed by atoms with Gasteiger partial charge in [-0.1, -0.05) is 0 Å². The SMILES string of the molecule is COCCCn1cnc(N)n1. The van der Waals surface area contributed by atoms with Crippen LogP contribution in [0.1, 0.15) is 6.42 Å². The van der Waals surface area contributed by atoms with Crippen LogP contribution < -0.4 is 5.73 Å². The molecule has 0 bridgehead atoms. The quantitative estimate of drug-likeness (QED) is 0.618. The molecule has 0 atom stereocenters. The number of methoxy groups -OCH3 is 1. The van der Waals surface area contributed by atoms with Gasteiger partial charge in [-0.15, -0.1) is 5.10 Å². The largest absolute Gasteiger partial charge is 0.385 e. The highest BCUT2D eigenvalue weighted by Gasteiger charge is 1.93. The van der Waals surface area contributed by atoms with Crippen molar-refractivity contribution < 1.29 is 4.74 Å². The Morgan fingerprint density at radius 2 is 2.55 bits per heavy atom. The summed E-state index contributed by atoms with van der Waals surface area (Å²) in [6.07, 6.45) is 2.55. The van der Waals surface area contributed by atoms with Gasteiger partial charge in [0.25, 0.3) is 0 Å². The Hall–Kier alpha value is -1.10. The van der Waals surface area contributed by atoms with Crippen molar-refractivity contribution in [2.75, 3.05) is 19.5 Å². The molecule has 62 valence electrons. The number of hydrogen-bond acceptors (Lipinski definition) is 4. The van der Waals surface area contributed by atoms with Crippen LogP contribution in [0.15, 0.2) is 6.33 Å². The van der Waals surface area contributed by atoms with Gasteiger partial charge in [0.1, 0.15) is 6.33 Å². The molecule has 0 radical (unpaired) electrons. The molecule has 0 aliphatic heterocycles. The first-order chi connectivity index (χ1) is 5.33. The Balaban J connectivity index is 2.27. The fourth-order valence-electron chi connectivity index (χ4n) is 0.788. The summed E-state index contributed by atoms with van der Waals surface area (Å²) in [5.41, 5.74) is 5.31. The zero-order valence-corrected chi connectivity index (χ0v) is 6.53. The summed E-state index contributed by atoms with van der Waals surface area (Å²) in [4.78, 5) is 3.78. The fraction of sp³-hybridized carbons (Fsp3) is 0.667. The molecule has 1 rings (SSSR count). The molecule has 0 saturated carbocycles. The highest BCUT2D eigenvalue weighted by Crippen LogP contribution is 1.91. The van der Waals surface area contributed by atoms with E-state index < -0.39 is 0 Å². The number of aromatic nitrogens is 3. The summed E-state index contributed by atoms with van der Waals surface area (Å²) in [7, 11) is 1.68. The van der Waals surface area contributed by atoms with E-state index in [0.29, 0.717) is 5.95 Å². The lowest BCUT2D eigenvalue weighted by Gasteiger charge is -1.97. The molecule has 11 heavy (non-hydrogen) atoms. The van der Waals surface area contributed by atoms with Gasteiger partial charge in [-0.3, -0.25) is 4.68 Å². The third-order valence-corrected chi connectivity index (χ3v) is 1.29. The average molecular weight is 156 g/mol. The van der Waals surface area contributed by atoms with Crippen LogP contribution in [0.5, 0.6) is 0 Å². The molecular formula is C6H12N4O. The van der Waals surface area contributed by atoms with E-state index in [1.54, 1.807) is 18.1 Å². The minimum absolute atomic E-state index is 0.322. The number of aryl methyl sites for hydroxylation is 1. The summed E-state index contributed by atoms with van der Waals surface area (Å²) >= 11 is 0. The molecule has 0 unspecified atom stereocenters. The molecule has 0 saturated heterocycles. The number of nitrogen functional groups attached to an aromatic ring is 1. The van der Waals surface area contributed by atoms with Crippen molar-refractivity contribution in [2.24, 2.45) is 0 Å². The van der Waals surface area contributed by atoms with Crippen molar-refractivity contribution in [1.82, 2.24) is 14.8 Å². The van der Waals surface area contributed by atoms with E-state index in [1.807, 2.05) is 0 Å². The molecular weight excluding hydrogens is 144 g/mol. The maximum Gasteiger partial charge on any atom is 0.239 e. The lowest BCUT2D eigenvalue weighted by atomic mass is 10.5. The van der Waals surface area contributed by atoms with Gasteiger partial charge in [0.15, 0.2) is 0 Å². The average Bonchev–Trinajstić information content (AvgIpc) is 2.37. The summed E-state index contributed by atoms with van der Waals surface area (Å²) in [6, 6.07) is 0. The van der Waals surface area contributed by atoms with E-state index in [9.17, 15) is 0 Å². The first-order valence-corrected chi connectivity index (χ1v) is 3.47. The third kappa shape index (κ3) is 2.55. The topological polar surface area (TPSA) is 66.0 Å². The lowest BCUT2D eigenvalue weighted by molar-refractivity contribution is 0.189. The van der Waals surface area contributed by atoms with Crippen molar-refractivity contribution in [2.45, 2.75) is 13.0 Å². The Morgan fingerprint density at radius 3 is 3.09 bits per heavy atom. The molecule has 0 aromatic carbocycles. The molecule has 1 heterocycles. The van der Waals surface area contributed by atoms with E-state index in [2.05, 4.69) is 10.1 Å². The van der Waals surface area contributed by atoms with E-state index in [4.69, 9.17) is 10.5 Å². The predicted octanol–water partition coefficient (Wildman–Crippen LogP) is -0.103. The number of rotatable bonds is 4. The van der Waals surface area contributed by atoms with E-state index in [1.165, 1.54) is 0 Å². The van der Waals surface area contributed by atoms with Crippen molar-refractivity contribution in [3.8, 4) is 0 Å². The van der Waals surface area contributed by atoms with Crippen molar-refractivity contribution >= 4 is 5.95 Å². The van der Waals surface area contributed by atoms with Crippen LogP contribution in [0, 0.1) is 0 Å². The molecule has 0 amide bonds. The maximum absolute atomic E-state index is 5.31. The van der Waals surface area contributed by atoms with Gasteiger partial charge in [-0.2, -0.15) is 0 Å². The number of nitrogens with two attached hydrogens (primary N) is 1. The van der Waals surface area contributed by atoms with Crippen LogP contribution in [0.4, 0.5) is 5.95 Å². The molecule has 0 spiro atoms. The van der Waals surface area contributed by atoms with E-state index >= 15 is 0 Å². The van der Waals surface area contributed by atoms with Crippen LogP contribution in [0.25, 0.3) is 0 Å². The van der Waals surface area contributed by atoms with Gasteiger partial charge < -0.3 is 10.5 Å². The monoisotopic (exact) mass is 156 g/mol. The van der Waals surface area contributed by atoms with Crippen LogP contribution >= 0.6 is 0 Å². The second-order valence-electron chi connectivity index (χ2n) is 2.21. The third-order valence-electron chi connectivity index (χ3n) is 1.29. The molecule has 0 aliphatic rings. The van der Waals surface area contributed by atoms with Crippen molar-refractivity contribution in [1.29, 1.82) is 0 Å². The maximum atomic E-state index is 5.31. The molecule has 5 heteroatoms. The van der Waals surface area contributed by atoms with Gasteiger partial charge >= 0.3 is 0 Å². The zero-order valence-electron chi connectivity index (χ0n) is 6.53. The van der Waals surface area contributed by atoms with Gasteiger partial charge in [0.2, 0.25) is 5.95 Å². The fourth-order valence-corrected chi connectivity index (χ4v) is 0.788. The molecule has 2 N–H and O–H groups in total. The summed E-state index contributed by atoms with van der Waals surface area (Å²) in [5, 5.41) is 3.91. The number of ether oxygens (including phenoxy) is 1. The first-order valence-electron chi connectivity index (χ1n) is 3.47. The highest BCUT2D eigenvalue weighted by atomic mass is 16.5. The van der Waals surface area contributed by atoms with Gasteiger partial charge in [-0.25, -0.2) is 4.98 Å². The van der Waals surface area contributed by atoms with Crippen LogP contribution in [-0.4, -0.2) is 28.5 Å². The molecule has 5 nitrogen and oxygen atoms in total. The zero-order chi connectivity index (χ0) is 8.10. The number of hydrogen-bond donors (Lipinski definition) is 1. The number of anilines is 1.